The smallest absolute Gasteiger partial charge is 0.335 e. The van der Waals surface area contributed by atoms with Crippen LogP contribution in [-0.4, -0.2) is 11.1 Å². The van der Waals surface area contributed by atoms with Gasteiger partial charge in [0.05, 0.1) is 5.56 Å². The molecule has 0 amide bonds. The van der Waals surface area contributed by atoms with Crippen molar-refractivity contribution in [3.05, 3.63) is 64.1 Å². The van der Waals surface area contributed by atoms with Gasteiger partial charge in [-0.05, 0) is 35.9 Å². The average molecular weight is 306 g/mol. The fourth-order valence-corrected chi connectivity index (χ4v) is 1.99. The van der Waals surface area contributed by atoms with Crippen LogP contribution in [0.5, 0.6) is 0 Å². The number of hydrogen-bond acceptors (Lipinski definition) is 2. The Labute approximate surface area is 114 Å². The number of carboxylic acid groups (broad SMARTS) is 1. The van der Waals surface area contributed by atoms with E-state index in [0.29, 0.717) is 12.1 Å². The molecule has 0 bridgehead atoms. The van der Waals surface area contributed by atoms with Crippen LogP contribution >= 0.6 is 15.9 Å². The van der Waals surface area contributed by atoms with Crippen molar-refractivity contribution < 1.29 is 9.90 Å². The summed E-state index contributed by atoms with van der Waals surface area (Å²) in [5, 5.41) is 12.0. The molecule has 0 aromatic heterocycles. The minimum absolute atomic E-state index is 0.293. The summed E-state index contributed by atoms with van der Waals surface area (Å²) < 4.78 is 1.06. The van der Waals surface area contributed by atoms with Crippen LogP contribution in [0.3, 0.4) is 0 Å². The lowest BCUT2D eigenvalue weighted by Crippen LogP contribution is -2.01. The number of rotatable bonds is 4. The van der Waals surface area contributed by atoms with Gasteiger partial charge in [-0.1, -0.05) is 34.1 Å². The van der Waals surface area contributed by atoms with Gasteiger partial charge in [-0.25, -0.2) is 4.79 Å². The van der Waals surface area contributed by atoms with Crippen molar-refractivity contribution in [3.8, 4) is 0 Å². The number of aromatic carboxylic acids is 1. The molecule has 2 aromatic carbocycles. The minimum atomic E-state index is -0.910. The van der Waals surface area contributed by atoms with Gasteiger partial charge in [0.25, 0.3) is 0 Å². The predicted molar refractivity (Wildman–Crippen MR) is 74.9 cm³/mol. The van der Waals surface area contributed by atoms with Crippen LogP contribution < -0.4 is 5.32 Å². The Bertz CT molecular complexity index is 552. The van der Waals surface area contributed by atoms with E-state index in [1.165, 1.54) is 0 Å². The molecule has 2 rings (SSSR count). The molecule has 0 saturated carbocycles. The molecule has 0 saturated heterocycles. The minimum Gasteiger partial charge on any atom is -0.478 e. The predicted octanol–water partition coefficient (Wildman–Crippen LogP) is 3.76. The summed E-state index contributed by atoms with van der Waals surface area (Å²) >= 11 is 3.48. The zero-order chi connectivity index (χ0) is 13.0. The van der Waals surface area contributed by atoms with Crippen LogP contribution in [0, 0.1) is 0 Å². The number of hydrogen-bond donors (Lipinski definition) is 2. The monoisotopic (exact) mass is 305 g/mol. The van der Waals surface area contributed by atoms with Gasteiger partial charge in [0.15, 0.2) is 0 Å². The Morgan fingerprint density at radius 1 is 1.11 bits per heavy atom. The van der Waals surface area contributed by atoms with Gasteiger partial charge in [0.2, 0.25) is 0 Å². The summed E-state index contributed by atoms with van der Waals surface area (Å²) in [4.78, 5) is 10.7. The third kappa shape index (κ3) is 3.11. The van der Waals surface area contributed by atoms with E-state index in [4.69, 9.17) is 5.11 Å². The highest BCUT2D eigenvalue weighted by Crippen LogP contribution is 2.18. The van der Waals surface area contributed by atoms with Crippen LogP contribution in [0.25, 0.3) is 0 Å². The number of halogens is 1. The van der Waals surface area contributed by atoms with Gasteiger partial charge in [0.1, 0.15) is 0 Å². The fraction of sp³-hybridized carbons (Fsp3) is 0.0714. The van der Waals surface area contributed by atoms with E-state index in [2.05, 4.69) is 21.2 Å². The first-order valence-electron chi connectivity index (χ1n) is 5.47. The Morgan fingerprint density at radius 3 is 2.39 bits per heavy atom. The highest BCUT2D eigenvalue weighted by Gasteiger charge is 2.02. The second-order valence-electron chi connectivity index (χ2n) is 3.83. The van der Waals surface area contributed by atoms with Gasteiger partial charge in [-0.15, -0.1) is 0 Å². The molecular weight excluding hydrogens is 294 g/mol. The van der Waals surface area contributed by atoms with Crippen molar-refractivity contribution in [2.45, 2.75) is 6.54 Å². The first kappa shape index (κ1) is 12.6. The second-order valence-corrected chi connectivity index (χ2v) is 4.68. The molecular formula is C14H12BrNO2. The molecule has 0 aliphatic carbocycles. The lowest BCUT2D eigenvalue weighted by Gasteiger charge is -2.08. The van der Waals surface area contributed by atoms with Gasteiger partial charge in [0, 0.05) is 16.7 Å². The van der Waals surface area contributed by atoms with Crippen LogP contribution in [0.4, 0.5) is 5.69 Å². The summed E-state index contributed by atoms with van der Waals surface area (Å²) in [6.07, 6.45) is 0. The third-order valence-corrected chi connectivity index (χ3v) is 3.35. The Hall–Kier alpha value is -1.81. The molecule has 92 valence electrons. The number of benzene rings is 2. The maximum Gasteiger partial charge on any atom is 0.335 e. The molecule has 0 fully saturated rings. The van der Waals surface area contributed by atoms with E-state index >= 15 is 0 Å². The topological polar surface area (TPSA) is 49.3 Å². The van der Waals surface area contributed by atoms with Gasteiger partial charge in [-0.3, -0.25) is 0 Å². The highest BCUT2D eigenvalue weighted by molar-refractivity contribution is 9.10. The molecule has 18 heavy (non-hydrogen) atoms. The standard InChI is InChI=1S/C14H12BrNO2/c15-13-4-2-1-3-11(13)9-16-12-7-5-10(6-8-12)14(17)18/h1-8,16H,9H2,(H,17,18). The molecule has 0 spiro atoms. The SMILES string of the molecule is O=C(O)c1ccc(NCc2ccccc2Br)cc1. The first-order chi connectivity index (χ1) is 8.66. The van der Waals surface area contributed by atoms with E-state index in [1.807, 2.05) is 24.3 Å². The Balaban J connectivity index is 2.02. The molecule has 0 atom stereocenters. The zero-order valence-electron chi connectivity index (χ0n) is 9.56. The summed E-state index contributed by atoms with van der Waals surface area (Å²) in [6.45, 7) is 0.688. The van der Waals surface area contributed by atoms with E-state index in [-0.39, 0.29) is 0 Å². The second kappa shape index (κ2) is 5.69. The summed E-state index contributed by atoms with van der Waals surface area (Å²) in [6, 6.07) is 14.7. The van der Waals surface area contributed by atoms with Gasteiger partial charge >= 0.3 is 5.97 Å². The van der Waals surface area contributed by atoms with Crippen LogP contribution in [0.15, 0.2) is 53.0 Å². The van der Waals surface area contributed by atoms with Crippen molar-refractivity contribution in [2.24, 2.45) is 0 Å². The molecule has 3 nitrogen and oxygen atoms in total. The summed E-state index contributed by atoms with van der Waals surface area (Å²) in [5.41, 5.74) is 2.34. The maximum absolute atomic E-state index is 10.7. The maximum atomic E-state index is 10.7. The molecule has 0 heterocycles. The van der Waals surface area contributed by atoms with Crippen molar-refractivity contribution >= 4 is 27.6 Å². The third-order valence-electron chi connectivity index (χ3n) is 2.57. The molecule has 2 aromatic rings. The van der Waals surface area contributed by atoms with E-state index in [0.717, 1.165) is 15.7 Å². The molecule has 4 heteroatoms. The molecule has 0 radical (unpaired) electrons. The lowest BCUT2D eigenvalue weighted by molar-refractivity contribution is 0.0697. The Kier molecular flexibility index (Phi) is 3.99. The van der Waals surface area contributed by atoms with Gasteiger partial charge in [-0.2, -0.15) is 0 Å². The van der Waals surface area contributed by atoms with Crippen molar-refractivity contribution in [1.29, 1.82) is 0 Å². The van der Waals surface area contributed by atoms with Crippen LogP contribution in [0.2, 0.25) is 0 Å². The largest absolute Gasteiger partial charge is 0.478 e. The Morgan fingerprint density at radius 2 is 1.78 bits per heavy atom. The molecule has 0 unspecified atom stereocenters. The number of anilines is 1. The van der Waals surface area contributed by atoms with E-state index in [1.54, 1.807) is 24.3 Å². The lowest BCUT2D eigenvalue weighted by atomic mass is 10.2. The summed E-state index contributed by atoms with van der Waals surface area (Å²) in [7, 11) is 0. The van der Waals surface area contributed by atoms with Crippen molar-refractivity contribution in [3.63, 3.8) is 0 Å². The highest BCUT2D eigenvalue weighted by atomic mass is 79.9. The number of carbonyl (C=O) groups is 1. The average Bonchev–Trinajstić information content (AvgIpc) is 2.38. The van der Waals surface area contributed by atoms with E-state index in [9.17, 15) is 4.79 Å². The number of carboxylic acids is 1. The van der Waals surface area contributed by atoms with Crippen LogP contribution in [-0.2, 0) is 6.54 Å². The van der Waals surface area contributed by atoms with Crippen LogP contribution in [0.1, 0.15) is 15.9 Å². The normalized spacial score (nSPS) is 10.1. The van der Waals surface area contributed by atoms with E-state index < -0.39 is 5.97 Å². The first-order valence-corrected chi connectivity index (χ1v) is 6.27. The van der Waals surface area contributed by atoms with Crippen molar-refractivity contribution in [2.75, 3.05) is 5.32 Å². The zero-order valence-corrected chi connectivity index (χ0v) is 11.1. The number of nitrogens with one attached hydrogen (secondary N) is 1. The molecule has 0 aliphatic heterocycles. The molecule has 2 N–H and O–H groups in total. The molecule has 0 aliphatic rings. The van der Waals surface area contributed by atoms with Gasteiger partial charge < -0.3 is 10.4 Å². The summed E-state index contributed by atoms with van der Waals surface area (Å²) in [5.74, 6) is -0.910. The van der Waals surface area contributed by atoms with Crippen molar-refractivity contribution in [1.82, 2.24) is 0 Å². The quantitative estimate of drug-likeness (QED) is 0.904. The fourth-order valence-electron chi connectivity index (χ4n) is 1.57.